The van der Waals surface area contributed by atoms with Gasteiger partial charge in [0.2, 0.25) is 0 Å². The lowest BCUT2D eigenvalue weighted by Crippen LogP contribution is -2.04. The van der Waals surface area contributed by atoms with Gasteiger partial charge in [-0.3, -0.25) is 4.68 Å². The highest BCUT2D eigenvalue weighted by atomic mass is 32.1. The zero-order valence-electron chi connectivity index (χ0n) is 7.21. The fourth-order valence-electron chi connectivity index (χ4n) is 1.07. The van der Waals surface area contributed by atoms with Crippen LogP contribution in [0.5, 0.6) is 0 Å². The summed E-state index contributed by atoms with van der Waals surface area (Å²) < 4.78 is 4.98. The van der Waals surface area contributed by atoms with Crippen molar-refractivity contribution >= 4 is 17.5 Å². The fraction of sp³-hybridized carbons (Fsp3) is 0.143. The maximum atomic E-state index is 10.7. The molecule has 0 saturated heterocycles. The summed E-state index contributed by atoms with van der Waals surface area (Å²) in [6.07, 6.45) is 0. The topological polar surface area (TPSA) is 80.9 Å². The summed E-state index contributed by atoms with van der Waals surface area (Å²) in [4.78, 5) is 10.7. The van der Waals surface area contributed by atoms with E-state index >= 15 is 0 Å². The molecule has 2 aromatic rings. The highest BCUT2D eigenvalue weighted by molar-refractivity contribution is 7.03. The van der Waals surface area contributed by atoms with Crippen LogP contribution in [0.3, 0.4) is 0 Å². The zero-order valence-corrected chi connectivity index (χ0v) is 8.02. The molecule has 2 aromatic heterocycles. The van der Waals surface area contributed by atoms with E-state index in [1.54, 1.807) is 12.4 Å². The van der Waals surface area contributed by atoms with Crippen LogP contribution in [-0.2, 0) is 7.05 Å². The van der Waals surface area contributed by atoms with Crippen molar-refractivity contribution in [2.24, 2.45) is 7.05 Å². The Morgan fingerprint density at radius 1 is 1.57 bits per heavy atom. The van der Waals surface area contributed by atoms with Crippen molar-refractivity contribution in [2.45, 2.75) is 0 Å². The number of carboxylic acids is 1. The molecule has 6 nitrogen and oxygen atoms in total. The molecule has 0 aliphatic rings. The molecule has 0 aliphatic carbocycles. The van der Waals surface area contributed by atoms with Crippen LogP contribution in [0.4, 0.5) is 0 Å². The first-order valence-electron chi connectivity index (χ1n) is 3.73. The number of aromatic carboxylic acids is 1. The van der Waals surface area contributed by atoms with Gasteiger partial charge >= 0.3 is 5.97 Å². The second kappa shape index (κ2) is 3.18. The quantitative estimate of drug-likeness (QED) is 0.786. The number of carboxylic acid groups (broad SMARTS) is 1. The number of hydrogen-bond donors (Lipinski definition) is 1. The van der Waals surface area contributed by atoms with E-state index in [1.165, 1.54) is 22.3 Å². The maximum Gasteiger partial charge on any atom is 0.354 e. The first-order valence-corrected chi connectivity index (χ1v) is 4.57. The molecule has 0 amide bonds. The summed E-state index contributed by atoms with van der Waals surface area (Å²) >= 11 is 1.20. The molecule has 0 radical (unpaired) electrons. The van der Waals surface area contributed by atoms with Gasteiger partial charge < -0.3 is 5.11 Å². The number of hydrogen-bond acceptors (Lipinski definition) is 5. The largest absolute Gasteiger partial charge is 0.477 e. The summed E-state index contributed by atoms with van der Waals surface area (Å²) in [6.45, 7) is 0. The Kier molecular flexibility index (Phi) is 2.01. The highest BCUT2D eigenvalue weighted by Gasteiger charge is 2.13. The van der Waals surface area contributed by atoms with Crippen molar-refractivity contribution in [3.05, 3.63) is 17.1 Å². The van der Waals surface area contributed by atoms with Crippen LogP contribution in [0.15, 0.2) is 11.4 Å². The summed E-state index contributed by atoms with van der Waals surface area (Å²) in [7, 11) is 1.58. The van der Waals surface area contributed by atoms with Gasteiger partial charge in [0.1, 0.15) is 17.1 Å². The van der Waals surface area contributed by atoms with E-state index in [-0.39, 0.29) is 5.69 Å². The Balaban J connectivity index is 2.48. The van der Waals surface area contributed by atoms with Crippen LogP contribution in [0.1, 0.15) is 10.5 Å². The number of carbonyl (C=O) groups is 1. The molecule has 72 valence electrons. The van der Waals surface area contributed by atoms with Crippen molar-refractivity contribution in [3.8, 4) is 11.4 Å². The first kappa shape index (κ1) is 8.82. The van der Waals surface area contributed by atoms with E-state index in [1.807, 2.05) is 0 Å². The van der Waals surface area contributed by atoms with Crippen LogP contribution >= 0.6 is 11.5 Å². The summed E-state index contributed by atoms with van der Waals surface area (Å²) in [5.41, 5.74) is 1.25. The molecule has 0 unspecified atom stereocenters. The smallest absolute Gasteiger partial charge is 0.354 e. The van der Waals surface area contributed by atoms with Crippen molar-refractivity contribution in [3.63, 3.8) is 0 Å². The number of aryl methyl sites for hydroxylation is 1. The molecule has 0 atom stereocenters. The van der Waals surface area contributed by atoms with E-state index in [0.29, 0.717) is 11.4 Å². The van der Waals surface area contributed by atoms with E-state index in [0.717, 1.165) is 0 Å². The first-order chi connectivity index (χ1) is 6.68. The summed E-state index contributed by atoms with van der Waals surface area (Å²) in [5.74, 6) is -1.01. The van der Waals surface area contributed by atoms with E-state index in [9.17, 15) is 4.79 Å². The minimum atomic E-state index is -1.01. The minimum Gasteiger partial charge on any atom is -0.477 e. The van der Waals surface area contributed by atoms with Gasteiger partial charge in [-0.1, -0.05) is 4.49 Å². The number of nitrogens with zero attached hydrogens (tertiary/aromatic N) is 4. The molecule has 0 spiro atoms. The third-order valence-corrected chi connectivity index (χ3v) is 2.23. The molecule has 0 aromatic carbocycles. The lowest BCUT2D eigenvalue weighted by atomic mass is 10.3. The summed E-state index contributed by atoms with van der Waals surface area (Å²) in [5, 5.41) is 18.3. The van der Waals surface area contributed by atoms with Crippen molar-refractivity contribution in [1.82, 2.24) is 19.4 Å². The maximum absolute atomic E-state index is 10.7. The van der Waals surface area contributed by atoms with Gasteiger partial charge in [-0.05, 0) is 11.5 Å². The predicted octanol–water partition coefficient (Wildman–Crippen LogP) is 0.637. The molecule has 0 bridgehead atoms. The van der Waals surface area contributed by atoms with Crippen molar-refractivity contribution in [2.75, 3.05) is 0 Å². The monoisotopic (exact) mass is 210 g/mol. The molecular formula is C7H6N4O2S. The molecule has 2 heterocycles. The average Bonchev–Trinajstić information content (AvgIpc) is 2.70. The Morgan fingerprint density at radius 3 is 2.86 bits per heavy atom. The van der Waals surface area contributed by atoms with Crippen LogP contribution in [0, 0.1) is 0 Å². The molecule has 0 aliphatic heterocycles. The van der Waals surface area contributed by atoms with Gasteiger partial charge in [0.25, 0.3) is 0 Å². The average molecular weight is 210 g/mol. The molecule has 2 rings (SSSR count). The standard InChI is InChI=1S/C7H6N4O2S/c1-11-6(7(12)13)2-4(9-11)5-3-14-10-8-5/h2-3H,1H3,(H,12,13). The van der Waals surface area contributed by atoms with Crippen LogP contribution in [0.2, 0.25) is 0 Å². The SMILES string of the molecule is Cn1nc(-c2csnn2)cc1C(=O)O. The van der Waals surface area contributed by atoms with Crippen molar-refractivity contribution in [1.29, 1.82) is 0 Å². The zero-order chi connectivity index (χ0) is 10.1. The van der Waals surface area contributed by atoms with Crippen molar-refractivity contribution < 1.29 is 9.90 Å². The molecule has 0 fully saturated rings. The molecule has 0 saturated carbocycles. The third-order valence-electron chi connectivity index (χ3n) is 1.72. The van der Waals surface area contributed by atoms with E-state index in [2.05, 4.69) is 14.7 Å². The highest BCUT2D eigenvalue weighted by Crippen LogP contribution is 2.16. The van der Waals surface area contributed by atoms with Gasteiger partial charge in [0.05, 0.1) is 0 Å². The lowest BCUT2D eigenvalue weighted by molar-refractivity contribution is 0.0685. The summed E-state index contributed by atoms with van der Waals surface area (Å²) in [6, 6.07) is 1.47. The fourth-order valence-corrected chi connectivity index (χ4v) is 1.52. The van der Waals surface area contributed by atoms with Crippen LogP contribution in [0.25, 0.3) is 11.4 Å². The van der Waals surface area contributed by atoms with Gasteiger partial charge in [-0.2, -0.15) is 5.10 Å². The van der Waals surface area contributed by atoms with Gasteiger partial charge in [0, 0.05) is 18.5 Å². The number of rotatable bonds is 2. The molecule has 7 heteroatoms. The minimum absolute atomic E-state index is 0.132. The Morgan fingerprint density at radius 2 is 2.36 bits per heavy atom. The Bertz CT molecular complexity index is 462. The second-order valence-electron chi connectivity index (χ2n) is 2.63. The van der Waals surface area contributed by atoms with E-state index in [4.69, 9.17) is 5.11 Å². The number of aromatic nitrogens is 4. The van der Waals surface area contributed by atoms with Gasteiger partial charge in [-0.25, -0.2) is 4.79 Å². The Hall–Kier alpha value is -1.76. The molecular weight excluding hydrogens is 204 g/mol. The van der Waals surface area contributed by atoms with Crippen LogP contribution in [-0.4, -0.2) is 30.4 Å². The normalized spacial score (nSPS) is 10.4. The van der Waals surface area contributed by atoms with E-state index < -0.39 is 5.97 Å². The van der Waals surface area contributed by atoms with Gasteiger partial charge in [-0.15, -0.1) is 5.10 Å². The lowest BCUT2D eigenvalue weighted by Gasteiger charge is -1.91. The third kappa shape index (κ3) is 1.37. The second-order valence-corrected chi connectivity index (χ2v) is 3.24. The predicted molar refractivity (Wildman–Crippen MR) is 49.1 cm³/mol. The van der Waals surface area contributed by atoms with Gasteiger partial charge in [0.15, 0.2) is 0 Å². The Labute approximate surface area is 83.0 Å². The molecule has 14 heavy (non-hydrogen) atoms. The molecule has 1 N–H and O–H groups in total. The van der Waals surface area contributed by atoms with Crippen LogP contribution < -0.4 is 0 Å².